The van der Waals surface area contributed by atoms with Gasteiger partial charge in [-0.2, -0.15) is 0 Å². The Labute approximate surface area is 240 Å². The molecule has 0 aliphatic carbocycles. The second kappa shape index (κ2) is 12.3. The van der Waals surface area contributed by atoms with Crippen molar-refractivity contribution in [3.8, 4) is 11.6 Å². The number of amides is 3. The fourth-order valence-electron chi connectivity index (χ4n) is 6.27. The molecule has 1 atom stereocenters. The molecule has 214 valence electrons. The number of nitrogens with two attached hydrogens (primary N) is 1. The van der Waals surface area contributed by atoms with Gasteiger partial charge in [0.15, 0.2) is 0 Å². The number of carbonyl (C=O) groups excluding carboxylic acids is 2. The monoisotopic (exact) mass is 555 g/mol. The maximum Gasteiger partial charge on any atom is 0.321 e. The Balaban J connectivity index is 1.06. The van der Waals surface area contributed by atoms with E-state index in [4.69, 9.17) is 15.2 Å². The van der Waals surface area contributed by atoms with E-state index in [1.165, 1.54) is 5.56 Å². The van der Waals surface area contributed by atoms with Gasteiger partial charge in [-0.15, -0.1) is 0 Å². The summed E-state index contributed by atoms with van der Waals surface area (Å²) >= 11 is 0. The van der Waals surface area contributed by atoms with Crippen LogP contribution in [0.3, 0.4) is 0 Å². The van der Waals surface area contributed by atoms with Crippen LogP contribution in [0.5, 0.6) is 11.6 Å². The van der Waals surface area contributed by atoms with Crippen molar-refractivity contribution in [1.82, 2.24) is 19.7 Å². The van der Waals surface area contributed by atoms with Crippen LogP contribution in [0.1, 0.15) is 53.2 Å². The van der Waals surface area contributed by atoms with Crippen LogP contribution in [0.25, 0.3) is 0 Å². The number of urea groups is 1. The van der Waals surface area contributed by atoms with Crippen LogP contribution < -0.4 is 10.5 Å². The van der Waals surface area contributed by atoms with Gasteiger partial charge in [0.2, 0.25) is 11.8 Å². The summed E-state index contributed by atoms with van der Waals surface area (Å²) in [4.78, 5) is 36.3. The van der Waals surface area contributed by atoms with Crippen molar-refractivity contribution in [3.05, 3.63) is 89.6 Å². The minimum Gasteiger partial charge on any atom is -0.439 e. The van der Waals surface area contributed by atoms with Crippen LogP contribution in [0.4, 0.5) is 4.79 Å². The lowest BCUT2D eigenvalue weighted by atomic mass is 9.99. The van der Waals surface area contributed by atoms with Gasteiger partial charge in [-0.25, -0.2) is 9.78 Å². The van der Waals surface area contributed by atoms with Gasteiger partial charge < -0.3 is 25.0 Å². The summed E-state index contributed by atoms with van der Waals surface area (Å²) in [6.07, 6.45) is 5.58. The van der Waals surface area contributed by atoms with Gasteiger partial charge in [-0.05, 0) is 61.1 Å². The molecule has 2 N–H and O–H groups in total. The Kier molecular flexibility index (Phi) is 8.16. The van der Waals surface area contributed by atoms with Crippen LogP contribution in [0.2, 0.25) is 0 Å². The van der Waals surface area contributed by atoms with Crippen LogP contribution in [-0.2, 0) is 11.3 Å². The maximum atomic E-state index is 13.8. The number of benzene rings is 2. The summed E-state index contributed by atoms with van der Waals surface area (Å²) in [7, 11) is 0. The Hall–Kier alpha value is -3.95. The zero-order valence-electron chi connectivity index (χ0n) is 23.2. The molecule has 0 spiro atoms. The normalized spacial score (nSPS) is 20.9. The van der Waals surface area contributed by atoms with E-state index in [1.807, 2.05) is 24.4 Å². The first-order valence-corrected chi connectivity index (χ1v) is 14.5. The Morgan fingerprint density at radius 1 is 0.927 bits per heavy atom. The molecule has 3 fully saturated rings. The summed E-state index contributed by atoms with van der Waals surface area (Å²) in [5.41, 5.74) is 8.07. The van der Waals surface area contributed by atoms with Gasteiger partial charge in [-0.3, -0.25) is 9.69 Å². The van der Waals surface area contributed by atoms with Gasteiger partial charge in [-0.1, -0.05) is 36.4 Å². The highest BCUT2D eigenvalue weighted by molar-refractivity contribution is 5.92. The molecule has 3 amide bonds. The van der Waals surface area contributed by atoms with E-state index in [0.29, 0.717) is 17.2 Å². The fourth-order valence-corrected chi connectivity index (χ4v) is 6.27. The minimum atomic E-state index is -0.469. The standard InChI is InChI=1S/C32H37N5O4/c33-31(38)25-7-9-28(10-8-25)41-30-11-6-23(20-34-30)21-35-16-12-27(13-17-35)37-29(24-4-2-1-3-5-24)22-36(32(37)39)26-14-18-40-19-15-26/h1-11,20,26-27,29H,12-19,21-22H2,(H2,33,38)/t29-/m0/s1. The number of primary amides is 1. The Bertz CT molecular complexity index is 1320. The molecular formula is C32H37N5O4. The number of rotatable bonds is 8. The molecule has 0 unspecified atom stereocenters. The van der Waals surface area contributed by atoms with Gasteiger partial charge in [0.1, 0.15) is 5.75 Å². The van der Waals surface area contributed by atoms with E-state index in [0.717, 1.165) is 70.6 Å². The number of likely N-dealkylation sites (tertiary alicyclic amines) is 1. The molecule has 3 saturated heterocycles. The van der Waals surface area contributed by atoms with E-state index in [1.54, 1.807) is 24.3 Å². The van der Waals surface area contributed by atoms with Gasteiger partial charge in [0.05, 0.1) is 6.04 Å². The van der Waals surface area contributed by atoms with E-state index < -0.39 is 5.91 Å². The molecule has 4 heterocycles. The molecule has 1 aromatic heterocycles. The molecule has 0 bridgehead atoms. The molecule has 3 aliphatic heterocycles. The van der Waals surface area contributed by atoms with Crippen molar-refractivity contribution >= 4 is 11.9 Å². The second-order valence-electron chi connectivity index (χ2n) is 11.1. The van der Waals surface area contributed by atoms with Gasteiger partial charge in [0.25, 0.3) is 0 Å². The van der Waals surface area contributed by atoms with E-state index in [-0.39, 0.29) is 24.2 Å². The predicted octanol–water partition coefficient (Wildman–Crippen LogP) is 4.60. The zero-order chi connectivity index (χ0) is 28.2. The molecule has 41 heavy (non-hydrogen) atoms. The lowest BCUT2D eigenvalue weighted by Crippen LogP contribution is -2.48. The SMILES string of the molecule is NC(=O)c1ccc(Oc2ccc(CN3CCC(N4C(=O)N(C5CCOCC5)C[C@H]4c4ccccc4)CC3)cn2)cc1. The summed E-state index contributed by atoms with van der Waals surface area (Å²) in [6.45, 7) is 4.87. The van der Waals surface area contributed by atoms with Crippen LogP contribution in [-0.4, -0.2) is 76.6 Å². The topological polar surface area (TPSA) is 101 Å². The second-order valence-corrected chi connectivity index (χ2v) is 11.1. The fraction of sp³-hybridized carbons (Fsp3) is 0.406. The Morgan fingerprint density at radius 3 is 2.32 bits per heavy atom. The first-order chi connectivity index (χ1) is 20.0. The van der Waals surface area contributed by atoms with Gasteiger partial charge >= 0.3 is 6.03 Å². The number of nitrogens with zero attached hydrogens (tertiary/aromatic N) is 4. The third-order valence-electron chi connectivity index (χ3n) is 8.50. The van der Waals surface area contributed by atoms with Crippen LogP contribution in [0, 0.1) is 0 Å². The van der Waals surface area contributed by atoms with Crippen molar-refractivity contribution in [2.24, 2.45) is 5.73 Å². The number of carbonyl (C=O) groups is 2. The number of aromatic nitrogens is 1. The smallest absolute Gasteiger partial charge is 0.321 e. The molecule has 0 saturated carbocycles. The van der Waals surface area contributed by atoms with E-state index in [9.17, 15) is 9.59 Å². The average Bonchev–Trinajstić information content (AvgIpc) is 3.36. The molecule has 3 aromatic rings. The number of piperidine rings is 1. The molecular weight excluding hydrogens is 518 g/mol. The molecule has 2 aromatic carbocycles. The van der Waals surface area contributed by atoms with E-state index >= 15 is 0 Å². The summed E-state index contributed by atoms with van der Waals surface area (Å²) in [5, 5.41) is 0. The van der Waals surface area contributed by atoms with Crippen molar-refractivity contribution in [2.75, 3.05) is 32.8 Å². The molecule has 3 aliphatic rings. The van der Waals surface area contributed by atoms with Gasteiger partial charge in [0, 0.05) is 69.3 Å². The molecule has 6 rings (SSSR count). The minimum absolute atomic E-state index is 0.0897. The lowest BCUT2D eigenvalue weighted by Gasteiger charge is -2.39. The number of hydrogen-bond acceptors (Lipinski definition) is 6. The number of pyridine rings is 1. The number of ether oxygens (including phenoxy) is 2. The van der Waals surface area contributed by atoms with Crippen molar-refractivity contribution < 1.29 is 19.1 Å². The summed E-state index contributed by atoms with van der Waals surface area (Å²) in [5.74, 6) is 0.619. The first kappa shape index (κ1) is 27.2. The van der Waals surface area contributed by atoms with Crippen LogP contribution >= 0.6 is 0 Å². The molecule has 9 nitrogen and oxygen atoms in total. The van der Waals surface area contributed by atoms with Crippen LogP contribution in [0.15, 0.2) is 72.9 Å². The first-order valence-electron chi connectivity index (χ1n) is 14.5. The average molecular weight is 556 g/mol. The van der Waals surface area contributed by atoms with Crippen molar-refractivity contribution in [2.45, 2.75) is 50.4 Å². The van der Waals surface area contributed by atoms with E-state index in [2.05, 4.69) is 43.9 Å². The van der Waals surface area contributed by atoms with Crippen molar-refractivity contribution in [3.63, 3.8) is 0 Å². The predicted molar refractivity (Wildman–Crippen MR) is 155 cm³/mol. The zero-order valence-corrected chi connectivity index (χ0v) is 23.2. The third kappa shape index (κ3) is 6.21. The maximum absolute atomic E-state index is 13.8. The highest BCUT2D eigenvalue weighted by Crippen LogP contribution is 2.37. The lowest BCUT2D eigenvalue weighted by molar-refractivity contribution is 0.0493. The quantitative estimate of drug-likeness (QED) is 0.436. The highest BCUT2D eigenvalue weighted by Gasteiger charge is 2.45. The van der Waals surface area contributed by atoms with Crippen molar-refractivity contribution in [1.29, 1.82) is 0 Å². The third-order valence-corrected chi connectivity index (χ3v) is 8.50. The Morgan fingerprint density at radius 2 is 1.66 bits per heavy atom. The summed E-state index contributed by atoms with van der Waals surface area (Å²) in [6, 6.07) is 21.8. The number of hydrogen-bond donors (Lipinski definition) is 1. The highest BCUT2D eigenvalue weighted by atomic mass is 16.5. The summed E-state index contributed by atoms with van der Waals surface area (Å²) < 4.78 is 11.4. The molecule has 0 radical (unpaired) electrons. The molecule has 9 heteroatoms. The largest absolute Gasteiger partial charge is 0.439 e.